The van der Waals surface area contributed by atoms with E-state index in [0.717, 1.165) is 26.2 Å². The van der Waals surface area contributed by atoms with Gasteiger partial charge in [-0.2, -0.15) is 15.0 Å². The number of piperazine rings is 1. The fraction of sp³-hybridized carbons (Fsp3) is 0.192. The lowest BCUT2D eigenvalue weighted by Crippen LogP contribution is -2.57. The van der Waals surface area contributed by atoms with Crippen LogP contribution in [0, 0.1) is 0 Å². The second-order valence-corrected chi connectivity index (χ2v) is 8.63. The highest BCUT2D eigenvalue weighted by Gasteiger charge is 2.43. The molecule has 5 nitrogen and oxygen atoms in total. The van der Waals surface area contributed by atoms with E-state index in [0.29, 0.717) is 5.95 Å². The number of rotatable bonds is 5. The van der Waals surface area contributed by atoms with E-state index in [1.807, 2.05) is 0 Å². The normalized spacial score (nSPS) is 14.9. The molecule has 0 radical (unpaired) electrons. The second kappa shape index (κ2) is 9.48. The lowest BCUT2D eigenvalue weighted by atomic mass is 9.75. The molecule has 5 rings (SSSR count). The van der Waals surface area contributed by atoms with Crippen LogP contribution in [0.1, 0.15) is 16.7 Å². The van der Waals surface area contributed by atoms with E-state index in [9.17, 15) is 0 Å². The average Bonchev–Trinajstić information content (AvgIpc) is 2.86. The third-order valence-electron chi connectivity index (χ3n) is 6.18. The highest BCUT2D eigenvalue weighted by Crippen LogP contribution is 2.42. The topological polar surface area (TPSA) is 45.2 Å². The van der Waals surface area contributed by atoms with Crippen molar-refractivity contribution in [2.24, 2.45) is 0 Å². The van der Waals surface area contributed by atoms with Gasteiger partial charge in [0.2, 0.25) is 16.5 Å². The summed E-state index contributed by atoms with van der Waals surface area (Å²) in [5.41, 5.74) is 3.29. The number of anilines is 1. The van der Waals surface area contributed by atoms with Crippen LogP contribution in [-0.4, -0.2) is 46.0 Å². The predicted octanol–water partition coefficient (Wildman–Crippen LogP) is 5.29. The standard InChI is InChI=1S/C26H23Cl2N5/c27-23-29-24(28)31-25(30-23)32-16-18-33(19-17-32)26(20-10-4-1-5-11-20,21-12-6-2-7-13-21)22-14-8-3-9-15-22/h1-15H,16-19H2. The summed E-state index contributed by atoms with van der Waals surface area (Å²) in [5, 5.41) is 0.222. The van der Waals surface area contributed by atoms with E-state index in [1.54, 1.807) is 0 Å². The largest absolute Gasteiger partial charge is 0.338 e. The smallest absolute Gasteiger partial charge is 0.231 e. The predicted molar refractivity (Wildman–Crippen MR) is 133 cm³/mol. The van der Waals surface area contributed by atoms with Gasteiger partial charge in [-0.25, -0.2) is 0 Å². The monoisotopic (exact) mass is 475 g/mol. The molecule has 33 heavy (non-hydrogen) atoms. The fourth-order valence-corrected chi connectivity index (χ4v) is 5.14. The van der Waals surface area contributed by atoms with Gasteiger partial charge in [-0.05, 0) is 39.9 Å². The molecule has 0 amide bonds. The molecule has 0 atom stereocenters. The molecule has 7 heteroatoms. The summed E-state index contributed by atoms with van der Waals surface area (Å²) < 4.78 is 0. The van der Waals surface area contributed by atoms with E-state index in [-0.39, 0.29) is 10.6 Å². The zero-order valence-electron chi connectivity index (χ0n) is 18.0. The van der Waals surface area contributed by atoms with Gasteiger partial charge < -0.3 is 4.90 Å². The number of benzene rings is 3. The summed E-state index contributed by atoms with van der Waals surface area (Å²) in [6, 6.07) is 32.2. The molecule has 1 fully saturated rings. The first-order valence-electron chi connectivity index (χ1n) is 10.9. The van der Waals surface area contributed by atoms with Crippen molar-refractivity contribution in [3.8, 4) is 0 Å². The highest BCUT2D eigenvalue weighted by atomic mass is 35.5. The van der Waals surface area contributed by atoms with E-state index in [4.69, 9.17) is 23.2 Å². The first kappa shape index (κ1) is 21.8. The third-order valence-corrected chi connectivity index (χ3v) is 6.52. The fourth-order valence-electron chi connectivity index (χ4n) is 4.79. The second-order valence-electron chi connectivity index (χ2n) is 7.96. The summed E-state index contributed by atoms with van der Waals surface area (Å²) in [7, 11) is 0. The minimum absolute atomic E-state index is 0.111. The molecule has 2 heterocycles. The van der Waals surface area contributed by atoms with E-state index >= 15 is 0 Å². The van der Waals surface area contributed by atoms with Crippen LogP contribution in [0.3, 0.4) is 0 Å². The number of nitrogens with zero attached hydrogens (tertiary/aromatic N) is 5. The molecule has 1 aliphatic rings. The van der Waals surface area contributed by atoms with Gasteiger partial charge in [-0.1, -0.05) is 91.0 Å². The van der Waals surface area contributed by atoms with Crippen molar-refractivity contribution in [1.82, 2.24) is 19.9 Å². The van der Waals surface area contributed by atoms with Crippen molar-refractivity contribution in [2.75, 3.05) is 31.1 Å². The van der Waals surface area contributed by atoms with E-state index in [1.165, 1.54) is 16.7 Å². The highest BCUT2D eigenvalue weighted by molar-refractivity contribution is 6.31. The van der Waals surface area contributed by atoms with E-state index < -0.39 is 5.54 Å². The molecular weight excluding hydrogens is 453 g/mol. The van der Waals surface area contributed by atoms with Gasteiger partial charge in [0.15, 0.2) is 0 Å². The van der Waals surface area contributed by atoms with Crippen LogP contribution < -0.4 is 4.90 Å². The molecule has 1 saturated heterocycles. The van der Waals surface area contributed by atoms with Gasteiger partial charge in [-0.15, -0.1) is 0 Å². The molecule has 0 unspecified atom stereocenters. The van der Waals surface area contributed by atoms with Gasteiger partial charge in [0.05, 0.1) is 5.54 Å². The Balaban J connectivity index is 1.59. The number of aromatic nitrogens is 3. The minimum Gasteiger partial charge on any atom is -0.338 e. The maximum atomic E-state index is 6.03. The molecule has 3 aromatic carbocycles. The molecule has 1 aliphatic heterocycles. The summed E-state index contributed by atoms with van der Waals surface area (Å²) in [6.45, 7) is 3.09. The Labute approximate surface area is 203 Å². The van der Waals surface area contributed by atoms with Crippen molar-refractivity contribution < 1.29 is 0 Å². The molecule has 0 N–H and O–H groups in total. The van der Waals surface area contributed by atoms with Gasteiger partial charge in [-0.3, -0.25) is 4.90 Å². The van der Waals surface area contributed by atoms with Crippen molar-refractivity contribution >= 4 is 29.2 Å². The van der Waals surface area contributed by atoms with E-state index in [2.05, 4.69) is 116 Å². The SMILES string of the molecule is Clc1nc(Cl)nc(N2CCN(C(c3ccccc3)(c3ccccc3)c3ccccc3)CC2)n1. The zero-order chi connectivity index (χ0) is 22.7. The summed E-state index contributed by atoms with van der Waals surface area (Å²) in [5.74, 6) is 0.518. The van der Waals surface area contributed by atoms with Crippen molar-refractivity contribution in [3.63, 3.8) is 0 Å². The van der Waals surface area contributed by atoms with Crippen molar-refractivity contribution in [1.29, 1.82) is 0 Å². The lowest BCUT2D eigenvalue weighted by molar-refractivity contribution is 0.146. The maximum Gasteiger partial charge on any atom is 0.231 e. The minimum atomic E-state index is -0.426. The van der Waals surface area contributed by atoms with Crippen molar-refractivity contribution in [3.05, 3.63) is 118 Å². The van der Waals surface area contributed by atoms with Gasteiger partial charge in [0.25, 0.3) is 0 Å². The average molecular weight is 476 g/mol. The number of halogens is 2. The third kappa shape index (κ3) is 4.20. The Kier molecular flexibility index (Phi) is 6.27. The maximum absolute atomic E-state index is 6.03. The summed E-state index contributed by atoms with van der Waals surface area (Å²) in [6.07, 6.45) is 0. The van der Waals surface area contributed by atoms with Crippen LogP contribution in [0.25, 0.3) is 0 Å². The van der Waals surface area contributed by atoms with Crippen molar-refractivity contribution in [2.45, 2.75) is 5.54 Å². The molecule has 0 bridgehead atoms. The number of hydrogen-bond acceptors (Lipinski definition) is 5. The molecule has 0 saturated carbocycles. The molecule has 1 aromatic heterocycles. The number of hydrogen-bond donors (Lipinski definition) is 0. The van der Waals surface area contributed by atoms with Gasteiger partial charge in [0.1, 0.15) is 0 Å². The van der Waals surface area contributed by atoms with Gasteiger partial charge in [0, 0.05) is 26.2 Å². The Morgan fingerprint density at radius 2 is 0.939 bits per heavy atom. The Morgan fingerprint density at radius 3 is 1.33 bits per heavy atom. The van der Waals surface area contributed by atoms with Crippen LogP contribution in [-0.2, 0) is 5.54 Å². The summed E-state index contributed by atoms with van der Waals surface area (Å²) in [4.78, 5) is 17.1. The Morgan fingerprint density at radius 1 is 0.545 bits per heavy atom. The first-order valence-corrected chi connectivity index (χ1v) is 11.7. The van der Waals surface area contributed by atoms with Crippen LogP contribution >= 0.6 is 23.2 Å². The lowest BCUT2D eigenvalue weighted by Gasteiger charge is -2.49. The van der Waals surface area contributed by atoms with Crippen LogP contribution in [0.15, 0.2) is 91.0 Å². The van der Waals surface area contributed by atoms with Gasteiger partial charge >= 0.3 is 0 Å². The molecule has 4 aromatic rings. The molecular formula is C26H23Cl2N5. The zero-order valence-corrected chi connectivity index (χ0v) is 19.5. The van der Waals surface area contributed by atoms with Crippen LogP contribution in [0.5, 0.6) is 0 Å². The quantitative estimate of drug-likeness (QED) is 0.366. The Hall–Kier alpha value is -2.99. The molecule has 166 valence electrons. The van der Waals surface area contributed by atoms with Crippen LogP contribution in [0.2, 0.25) is 10.6 Å². The van der Waals surface area contributed by atoms with Crippen LogP contribution in [0.4, 0.5) is 5.95 Å². The first-order chi connectivity index (χ1) is 16.2. The molecule has 0 aliphatic carbocycles. The Bertz CT molecular complexity index is 1080. The molecule has 0 spiro atoms. The summed E-state index contributed by atoms with van der Waals surface area (Å²) >= 11 is 12.1.